The van der Waals surface area contributed by atoms with Gasteiger partial charge in [0.05, 0.1) is 37.6 Å². The lowest BCUT2D eigenvalue weighted by Crippen LogP contribution is -2.43. The molecule has 1 aliphatic heterocycles. The molecule has 0 aliphatic carbocycles. The van der Waals surface area contributed by atoms with Crippen LogP contribution < -0.4 is 14.4 Å². The smallest absolute Gasteiger partial charge is 0.260 e. The molecule has 0 N–H and O–H groups in total. The summed E-state index contributed by atoms with van der Waals surface area (Å²) >= 11 is 1.54. The summed E-state index contributed by atoms with van der Waals surface area (Å²) in [5.41, 5.74) is 2.62. The van der Waals surface area contributed by atoms with Gasteiger partial charge in [0.2, 0.25) is 0 Å². The van der Waals surface area contributed by atoms with E-state index in [4.69, 9.17) is 19.2 Å². The van der Waals surface area contributed by atoms with E-state index in [1.165, 1.54) is 5.56 Å². The lowest BCUT2D eigenvalue weighted by molar-refractivity contribution is 0.0391. The van der Waals surface area contributed by atoms with Gasteiger partial charge in [-0.05, 0) is 42.8 Å². The van der Waals surface area contributed by atoms with Crippen molar-refractivity contribution in [1.82, 2.24) is 9.88 Å². The third-order valence-corrected chi connectivity index (χ3v) is 6.42. The summed E-state index contributed by atoms with van der Waals surface area (Å²) in [6, 6.07) is 11.4. The van der Waals surface area contributed by atoms with E-state index in [2.05, 4.69) is 17.9 Å². The van der Waals surface area contributed by atoms with Gasteiger partial charge >= 0.3 is 0 Å². The minimum absolute atomic E-state index is 0.106. The normalized spacial score (nSPS) is 14.5. The van der Waals surface area contributed by atoms with Crippen molar-refractivity contribution < 1.29 is 19.0 Å². The first-order chi connectivity index (χ1) is 15.1. The van der Waals surface area contributed by atoms with Crippen LogP contribution >= 0.6 is 11.3 Å². The number of benzene rings is 2. The summed E-state index contributed by atoms with van der Waals surface area (Å²) in [7, 11) is 3.15. The summed E-state index contributed by atoms with van der Waals surface area (Å²) < 4.78 is 17.2. The van der Waals surface area contributed by atoms with Crippen LogP contribution in [-0.4, -0.2) is 69.4 Å². The van der Waals surface area contributed by atoms with Crippen molar-refractivity contribution in [3.8, 4) is 11.5 Å². The fourth-order valence-electron chi connectivity index (χ4n) is 3.61. The third-order valence-electron chi connectivity index (χ3n) is 5.38. The van der Waals surface area contributed by atoms with Crippen LogP contribution in [0.3, 0.4) is 0 Å². The molecule has 2 aromatic carbocycles. The van der Waals surface area contributed by atoms with E-state index >= 15 is 0 Å². The molecule has 7 nitrogen and oxygen atoms in total. The Hall–Kier alpha value is -2.68. The lowest BCUT2D eigenvalue weighted by Gasteiger charge is -2.29. The molecule has 1 amide bonds. The average molecular weight is 442 g/mol. The maximum Gasteiger partial charge on any atom is 0.260 e. The van der Waals surface area contributed by atoms with Crippen LogP contribution in [0.15, 0.2) is 36.4 Å². The molecule has 3 aromatic rings. The standard InChI is InChI=1S/C23H27N3O4S/c1-16-4-6-18-21(14-16)31-23(24-18)26(9-8-25-10-12-30-13-11-25)22(27)17-5-7-19(28-2)20(15-17)29-3/h4-7,14-15H,8-13H2,1-3H3. The molecular formula is C23H27N3O4S. The Morgan fingerprint density at radius 2 is 1.90 bits per heavy atom. The summed E-state index contributed by atoms with van der Waals surface area (Å²) in [6.45, 7) is 6.57. The number of carbonyl (C=O) groups is 1. The molecule has 8 heteroatoms. The molecule has 1 fully saturated rings. The van der Waals surface area contributed by atoms with Crippen LogP contribution in [0.25, 0.3) is 10.2 Å². The minimum atomic E-state index is -0.106. The number of ether oxygens (including phenoxy) is 3. The van der Waals surface area contributed by atoms with E-state index in [-0.39, 0.29) is 5.91 Å². The van der Waals surface area contributed by atoms with Crippen molar-refractivity contribution in [1.29, 1.82) is 0 Å². The number of nitrogens with zero attached hydrogens (tertiary/aromatic N) is 3. The fraction of sp³-hybridized carbons (Fsp3) is 0.391. The maximum atomic E-state index is 13.6. The number of carbonyl (C=O) groups excluding carboxylic acids is 1. The van der Waals surface area contributed by atoms with Crippen LogP contribution in [0.5, 0.6) is 11.5 Å². The largest absolute Gasteiger partial charge is 0.493 e. The van der Waals surface area contributed by atoms with Crippen molar-refractivity contribution in [2.24, 2.45) is 0 Å². The number of rotatable bonds is 7. The highest BCUT2D eigenvalue weighted by Crippen LogP contribution is 2.32. The molecular weight excluding hydrogens is 414 g/mol. The van der Waals surface area contributed by atoms with Crippen LogP contribution in [0.1, 0.15) is 15.9 Å². The van der Waals surface area contributed by atoms with Crippen molar-refractivity contribution >= 4 is 32.6 Å². The van der Waals surface area contributed by atoms with E-state index in [1.54, 1.807) is 48.7 Å². The molecule has 1 aromatic heterocycles. The number of methoxy groups -OCH3 is 2. The van der Waals surface area contributed by atoms with E-state index in [9.17, 15) is 4.79 Å². The second kappa shape index (κ2) is 9.64. The first-order valence-electron chi connectivity index (χ1n) is 10.3. The first kappa shape index (κ1) is 21.5. The van der Waals surface area contributed by atoms with Gasteiger partial charge in [-0.1, -0.05) is 17.4 Å². The Morgan fingerprint density at radius 1 is 1.13 bits per heavy atom. The predicted octanol–water partition coefficient (Wildman–Crippen LogP) is 3.60. The second-order valence-corrected chi connectivity index (χ2v) is 8.46. The van der Waals surface area contributed by atoms with Gasteiger partial charge in [-0.3, -0.25) is 14.6 Å². The highest BCUT2D eigenvalue weighted by molar-refractivity contribution is 7.22. The molecule has 1 aliphatic rings. The number of hydrogen-bond donors (Lipinski definition) is 0. The highest BCUT2D eigenvalue weighted by Gasteiger charge is 2.24. The number of aryl methyl sites for hydroxylation is 1. The van der Waals surface area contributed by atoms with Gasteiger partial charge in [-0.15, -0.1) is 0 Å². The Kier molecular flexibility index (Phi) is 6.70. The molecule has 0 saturated carbocycles. The van der Waals surface area contributed by atoms with Gasteiger partial charge in [-0.25, -0.2) is 4.98 Å². The zero-order valence-electron chi connectivity index (χ0n) is 18.1. The minimum Gasteiger partial charge on any atom is -0.493 e. The zero-order valence-corrected chi connectivity index (χ0v) is 18.9. The Morgan fingerprint density at radius 3 is 2.65 bits per heavy atom. The number of fused-ring (bicyclic) bond motifs is 1. The highest BCUT2D eigenvalue weighted by atomic mass is 32.1. The number of morpholine rings is 1. The quantitative estimate of drug-likeness (QED) is 0.558. The topological polar surface area (TPSA) is 64.1 Å². The van der Waals surface area contributed by atoms with Crippen LogP contribution in [0.4, 0.5) is 5.13 Å². The fourth-order valence-corrected chi connectivity index (χ4v) is 4.70. The SMILES string of the molecule is COc1ccc(C(=O)N(CCN2CCOCC2)c2nc3ccc(C)cc3s2)cc1OC. The van der Waals surface area contributed by atoms with Crippen molar-refractivity contribution in [3.05, 3.63) is 47.5 Å². The van der Waals surface area contributed by atoms with E-state index < -0.39 is 0 Å². The lowest BCUT2D eigenvalue weighted by atomic mass is 10.1. The summed E-state index contributed by atoms with van der Waals surface area (Å²) in [6.07, 6.45) is 0. The van der Waals surface area contributed by atoms with Gasteiger partial charge in [0, 0.05) is 31.7 Å². The van der Waals surface area contributed by atoms with Crippen LogP contribution in [0.2, 0.25) is 0 Å². The molecule has 0 radical (unpaired) electrons. The number of aromatic nitrogens is 1. The van der Waals surface area contributed by atoms with Crippen molar-refractivity contribution in [2.45, 2.75) is 6.92 Å². The molecule has 2 heterocycles. The zero-order chi connectivity index (χ0) is 21.8. The monoisotopic (exact) mass is 441 g/mol. The van der Waals surface area contributed by atoms with Gasteiger partial charge in [0.15, 0.2) is 16.6 Å². The molecule has 0 spiro atoms. The third kappa shape index (κ3) is 4.81. The molecule has 0 unspecified atom stereocenters. The first-order valence-corrected chi connectivity index (χ1v) is 11.1. The molecule has 31 heavy (non-hydrogen) atoms. The molecule has 4 rings (SSSR count). The molecule has 164 valence electrons. The van der Waals surface area contributed by atoms with E-state index in [0.29, 0.717) is 28.7 Å². The van der Waals surface area contributed by atoms with Crippen molar-refractivity contribution in [2.75, 3.05) is 58.5 Å². The Labute approximate surface area is 186 Å². The Balaban J connectivity index is 1.65. The van der Waals surface area contributed by atoms with Gasteiger partial charge in [0.25, 0.3) is 5.91 Å². The Bertz CT molecular complexity index is 1060. The van der Waals surface area contributed by atoms with E-state index in [1.807, 2.05) is 12.1 Å². The number of hydrogen-bond acceptors (Lipinski definition) is 7. The molecule has 1 saturated heterocycles. The van der Waals surface area contributed by atoms with Gasteiger partial charge in [-0.2, -0.15) is 0 Å². The second-order valence-electron chi connectivity index (χ2n) is 7.45. The summed E-state index contributed by atoms with van der Waals surface area (Å²) in [5, 5.41) is 0.702. The number of thiazole rings is 1. The molecule has 0 bridgehead atoms. The number of anilines is 1. The van der Waals surface area contributed by atoms with Crippen LogP contribution in [-0.2, 0) is 4.74 Å². The predicted molar refractivity (Wildman–Crippen MR) is 123 cm³/mol. The molecule has 0 atom stereocenters. The number of amides is 1. The van der Waals surface area contributed by atoms with Crippen LogP contribution in [0, 0.1) is 6.92 Å². The van der Waals surface area contributed by atoms with Gasteiger partial charge < -0.3 is 14.2 Å². The van der Waals surface area contributed by atoms with Gasteiger partial charge in [0.1, 0.15) is 0 Å². The van der Waals surface area contributed by atoms with Crippen molar-refractivity contribution in [3.63, 3.8) is 0 Å². The maximum absolute atomic E-state index is 13.6. The average Bonchev–Trinajstić information content (AvgIpc) is 3.22. The summed E-state index contributed by atoms with van der Waals surface area (Å²) in [4.78, 5) is 22.4. The summed E-state index contributed by atoms with van der Waals surface area (Å²) in [5.74, 6) is 1.01. The van der Waals surface area contributed by atoms with E-state index in [0.717, 1.165) is 43.1 Å².